The van der Waals surface area contributed by atoms with Gasteiger partial charge in [0.05, 0.1) is 16.0 Å². The summed E-state index contributed by atoms with van der Waals surface area (Å²) in [5.41, 5.74) is 0.213. The third-order valence-corrected chi connectivity index (χ3v) is 5.06. The number of nitriles is 2. The van der Waals surface area contributed by atoms with Gasteiger partial charge in [-0.15, -0.1) is 0 Å². The highest BCUT2D eigenvalue weighted by Crippen LogP contribution is 2.29. The Bertz CT molecular complexity index is 1050. The Morgan fingerprint density at radius 1 is 0.864 bits per heavy atom. The largest absolute Gasteiger partial charge is 0.269 e. The van der Waals surface area contributed by atoms with Crippen molar-refractivity contribution >= 4 is 20.9 Å². The maximum absolute atomic E-state index is 12.9. The summed E-state index contributed by atoms with van der Waals surface area (Å²) in [4.78, 5) is 0.0664. The third kappa shape index (κ3) is 1.86. The Kier molecular flexibility index (Phi) is 3.17. The van der Waals surface area contributed by atoms with E-state index in [-0.39, 0.29) is 16.2 Å². The van der Waals surface area contributed by atoms with Crippen LogP contribution >= 0.6 is 0 Å². The van der Waals surface area contributed by atoms with Crippen molar-refractivity contribution in [1.29, 1.82) is 10.5 Å². The Morgan fingerprint density at radius 3 is 2.14 bits per heavy atom. The number of nitrogens with zero attached hydrogens (tertiary/aromatic N) is 3. The summed E-state index contributed by atoms with van der Waals surface area (Å²) in [6.07, 6.45) is 0. The van der Waals surface area contributed by atoms with Crippen LogP contribution in [0.1, 0.15) is 11.3 Å². The van der Waals surface area contributed by atoms with E-state index in [0.717, 1.165) is 3.97 Å². The lowest BCUT2D eigenvalue weighted by atomic mass is 10.1. The van der Waals surface area contributed by atoms with Gasteiger partial charge in [-0.3, -0.25) is 0 Å². The second kappa shape index (κ2) is 5.03. The van der Waals surface area contributed by atoms with Gasteiger partial charge in [0.2, 0.25) is 0 Å². The summed E-state index contributed by atoms with van der Waals surface area (Å²) >= 11 is 0. The highest BCUT2D eigenvalue weighted by molar-refractivity contribution is 7.90. The Hall–Kier alpha value is -3.09. The average molecular weight is 307 g/mol. The molecule has 6 heteroatoms. The first-order chi connectivity index (χ1) is 10.6. The molecule has 1 heterocycles. The summed E-state index contributed by atoms with van der Waals surface area (Å²) in [7, 11) is -3.95. The number of fused-ring (bicyclic) bond motifs is 1. The fourth-order valence-corrected chi connectivity index (χ4v) is 3.88. The number of aromatic nitrogens is 1. The van der Waals surface area contributed by atoms with Crippen LogP contribution in [0, 0.1) is 22.7 Å². The first kappa shape index (κ1) is 13.9. The molecule has 0 aliphatic carbocycles. The molecule has 0 saturated carbocycles. The van der Waals surface area contributed by atoms with Crippen LogP contribution in [0.15, 0.2) is 59.5 Å². The van der Waals surface area contributed by atoms with Crippen molar-refractivity contribution in [3.8, 4) is 12.1 Å². The quantitative estimate of drug-likeness (QED) is 0.728. The van der Waals surface area contributed by atoms with Crippen molar-refractivity contribution in [2.24, 2.45) is 0 Å². The second-order valence-corrected chi connectivity index (χ2v) is 6.33. The molecule has 2 aromatic carbocycles. The van der Waals surface area contributed by atoms with E-state index in [9.17, 15) is 18.9 Å². The Morgan fingerprint density at radius 2 is 1.50 bits per heavy atom. The Balaban J connectivity index is 2.48. The molecule has 0 N–H and O–H groups in total. The van der Waals surface area contributed by atoms with Crippen LogP contribution in [-0.2, 0) is 10.0 Å². The molecule has 3 aromatic rings. The van der Waals surface area contributed by atoms with Gasteiger partial charge in [0.25, 0.3) is 10.0 Å². The molecule has 0 atom stereocenters. The van der Waals surface area contributed by atoms with Gasteiger partial charge in [-0.2, -0.15) is 10.5 Å². The van der Waals surface area contributed by atoms with E-state index in [1.807, 2.05) is 12.1 Å². The zero-order valence-corrected chi connectivity index (χ0v) is 12.1. The van der Waals surface area contributed by atoms with Gasteiger partial charge < -0.3 is 0 Å². The smallest absolute Gasteiger partial charge is 0.222 e. The molecule has 0 spiro atoms. The lowest BCUT2D eigenvalue weighted by Gasteiger charge is -2.08. The summed E-state index contributed by atoms with van der Waals surface area (Å²) in [5.74, 6) is 0. The van der Waals surface area contributed by atoms with Crippen LogP contribution in [0.4, 0.5) is 0 Å². The average Bonchev–Trinajstić information content (AvgIpc) is 2.89. The van der Waals surface area contributed by atoms with Gasteiger partial charge in [-0.25, -0.2) is 12.4 Å². The monoisotopic (exact) mass is 307 g/mol. The van der Waals surface area contributed by atoms with Gasteiger partial charge in [0.15, 0.2) is 5.69 Å². The van der Waals surface area contributed by atoms with Gasteiger partial charge in [-0.1, -0.05) is 36.4 Å². The minimum Gasteiger partial charge on any atom is -0.222 e. The standard InChI is InChI=1S/C16H9N3O2S/c17-10-14-13-8-4-5-9-15(13)19(16(14)11-18)22(20,21)12-6-2-1-3-7-12/h1-9H. The predicted octanol–water partition coefficient (Wildman–Crippen LogP) is 2.62. The van der Waals surface area contributed by atoms with Crippen molar-refractivity contribution in [2.45, 2.75) is 4.90 Å². The van der Waals surface area contributed by atoms with Crippen molar-refractivity contribution in [3.05, 3.63) is 65.9 Å². The molecule has 0 aliphatic rings. The lowest BCUT2D eigenvalue weighted by molar-refractivity contribution is 0.588. The van der Waals surface area contributed by atoms with Gasteiger partial charge in [0, 0.05) is 5.39 Å². The van der Waals surface area contributed by atoms with Crippen LogP contribution in [0.3, 0.4) is 0 Å². The maximum Gasteiger partial charge on any atom is 0.269 e. The molecule has 0 fully saturated rings. The molecule has 0 unspecified atom stereocenters. The van der Waals surface area contributed by atoms with Crippen molar-refractivity contribution in [2.75, 3.05) is 0 Å². The summed E-state index contributed by atoms with van der Waals surface area (Å²) in [6, 6.07) is 18.2. The normalized spacial score (nSPS) is 11.0. The van der Waals surface area contributed by atoms with Gasteiger partial charge >= 0.3 is 0 Å². The fraction of sp³-hybridized carbons (Fsp3) is 0. The van der Waals surface area contributed by atoms with E-state index >= 15 is 0 Å². The van der Waals surface area contributed by atoms with Crippen molar-refractivity contribution in [1.82, 2.24) is 3.97 Å². The van der Waals surface area contributed by atoms with Crippen LogP contribution in [0.5, 0.6) is 0 Å². The minimum atomic E-state index is -3.95. The first-order valence-electron chi connectivity index (χ1n) is 6.35. The van der Waals surface area contributed by atoms with E-state index in [1.54, 1.807) is 42.5 Å². The number of hydrogen-bond acceptors (Lipinski definition) is 4. The SMILES string of the molecule is N#Cc1c(C#N)n(S(=O)(=O)c2ccccc2)c2ccccc12. The molecule has 5 nitrogen and oxygen atoms in total. The second-order valence-electron chi connectivity index (χ2n) is 4.55. The summed E-state index contributed by atoms with van der Waals surface area (Å²) < 4.78 is 26.7. The minimum absolute atomic E-state index is 0.0664. The molecule has 22 heavy (non-hydrogen) atoms. The zero-order chi connectivity index (χ0) is 15.7. The predicted molar refractivity (Wildman–Crippen MR) is 80.4 cm³/mol. The molecule has 0 saturated heterocycles. The molecular weight excluding hydrogens is 298 g/mol. The number of rotatable bonds is 2. The van der Waals surface area contributed by atoms with E-state index in [1.165, 1.54) is 12.1 Å². The molecule has 0 aliphatic heterocycles. The zero-order valence-electron chi connectivity index (χ0n) is 11.3. The summed E-state index contributed by atoms with van der Waals surface area (Å²) in [6.45, 7) is 0. The molecule has 0 bridgehead atoms. The lowest BCUT2D eigenvalue weighted by Crippen LogP contribution is -2.14. The van der Waals surface area contributed by atoms with Crippen LogP contribution in [0.25, 0.3) is 10.9 Å². The third-order valence-electron chi connectivity index (χ3n) is 3.33. The van der Waals surface area contributed by atoms with Crippen LogP contribution < -0.4 is 0 Å². The number of hydrogen-bond donors (Lipinski definition) is 0. The molecule has 0 radical (unpaired) electrons. The molecular formula is C16H9N3O2S. The van der Waals surface area contributed by atoms with E-state index < -0.39 is 10.0 Å². The van der Waals surface area contributed by atoms with Gasteiger partial charge in [0.1, 0.15) is 12.1 Å². The molecule has 0 amide bonds. The first-order valence-corrected chi connectivity index (χ1v) is 7.79. The molecule has 3 rings (SSSR count). The molecule has 106 valence electrons. The van der Waals surface area contributed by atoms with Crippen LogP contribution in [-0.4, -0.2) is 12.4 Å². The number of para-hydroxylation sites is 1. The van der Waals surface area contributed by atoms with E-state index in [2.05, 4.69) is 0 Å². The highest BCUT2D eigenvalue weighted by atomic mass is 32.2. The number of benzene rings is 2. The van der Waals surface area contributed by atoms with Crippen LogP contribution in [0.2, 0.25) is 0 Å². The maximum atomic E-state index is 12.9. The highest BCUT2D eigenvalue weighted by Gasteiger charge is 2.26. The van der Waals surface area contributed by atoms with Crippen molar-refractivity contribution in [3.63, 3.8) is 0 Å². The summed E-state index contributed by atoms with van der Waals surface area (Å²) in [5, 5.41) is 19.1. The van der Waals surface area contributed by atoms with Crippen molar-refractivity contribution < 1.29 is 8.42 Å². The Labute approximate surface area is 127 Å². The molecule has 1 aromatic heterocycles. The van der Waals surface area contributed by atoms with E-state index in [4.69, 9.17) is 0 Å². The van der Waals surface area contributed by atoms with Gasteiger partial charge in [-0.05, 0) is 18.2 Å². The topological polar surface area (TPSA) is 86.7 Å². The fourth-order valence-electron chi connectivity index (χ4n) is 2.37. The van der Waals surface area contributed by atoms with E-state index in [0.29, 0.717) is 10.9 Å².